The Balaban J connectivity index is 2.51. The molecular formula is C14H18F2O4S. The molecule has 0 fully saturated rings. The molecule has 0 spiro atoms. The maximum atomic E-state index is 13.9. The molecule has 7 heteroatoms. The van der Waals surface area contributed by atoms with E-state index in [0.29, 0.717) is 12.8 Å². The van der Waals surface area contributed by atoms with Gasteiger partial charge >= 0.3 is 11.2 Å². The first-order chi connectivity index (χ1) is 9.77. The lowest BCUT2D eigenvalue weighted by atomic mass is 10.2. The van der Waals surface area contributed by atoms with Crippen LogP contribution in [-0.2, 0) is 19.4 Å². The molecule has 1 aromatic rings. The second-order valence-corrected chi connectivity index (χ2v) is 6.68. The largest absolute Gasteiger partial charge is 0.466 e. The Bertz CT molecular complexity index is 556. The third kappa shape index (κ3) is 5.08. The number of alkyl halides is 2. The van der Waals surface area contributed by atoms with E-state index >= 15 is 0 Å². The van der Waals surface area contributed by atoms with Gasteiger partial charge in [0.2, 0.25) is 9.84 Å². The van der Waals surface area contributed by atoms with Crippen molar-refractivity contribution in [3.05, 3.63) is 30.3 Å². The van der Waals surface area contributed by atoms with E-state index in [0.717, 1.165) is 12.1 Å². The number of unbranched alkanes of at least 4 members (excludes halogenated alkanes) is 2. The van der Waals surface area contributed by atoms with Crippen molar-refractivity contribution >= 4 is 15.8 Å². The molecule has 0 unspecified atom stereocenters. The lowest BCUT2D eigenvalue weighted by Crippen LogP contribution is -2.28. The highest BCUT2D eigenvalue weighted by atomic mass is 32.2. The van der Waals surface area contributed by atoms with Gasteiger partial charge in [0.15, 0.2) is 0 Å². The quantitative estimate of drug-likeness (QED) is 0.545. The van der Waals surface area contributed by atoms with Crippen molar-refractivity contribution in [3.63, 3.8) is 0 Å². The average molecular weight is 320 g/mol. The fourth-order valence-electron chi connectivity index (χ4n) is 1.73. The Morgan fingerprint density at radius 1 is 1.14 bits per heavy atom. The van der Waals surface area contributed by atoms with Crippen LogP contribution >= 0.6 is 0 Å². The highest BCUT2D eigenvalue weighted by molar-refractivity contribution is 7.92. The van der Waals surface area contributed by atoms with Crippen molar-refractivity contribution in [2.24, 2.45) is 0 Å². The van der Waals surface area contributed by atoms with Gasteiger partial charge in [0.1, 0.15) is 0 Å². The van der Waals surface area contributed by atoms with E-state index in [1.807, 2.05) is 0 Å². The fraction of sp³-hybridized carbons (Fsp3) is 0.500. The van der Waals surface area contributed by atoms with Crippen LogP contribution in [0.2, 0.25) is 0 Å². The summed E-state index contributed by atoms with van der Waals surface area (Å²) in [5.74, 6) is -0.424. The van der Waals surface area contributed by atoms with Gasteiger partial charge in [-0.3, -0.25) is 4.79 Å². The summed E-state index contributed by atoms with van der Waals surface area (Å²) in [6, 6.07) is 6.68. The van der Waals surface area contributed by atoms with E-state index in [4.69, 9.17) is 0 Å². The predicted octanol–water partition coefficient (Wildman–Crippen LogP) is 3.18. The van der Waals surface area contributed by atoms with Gasteiger partial charge in [-0.1, -0.05) is 18.2 Å². The van der Waals surface area contributed by atoms with Crippen LogP contribution in [0.25, 0.3) is 0 Å². The van der Waals surface area contributed by atoms with Gasteiger partial charge in [-0.15, -0.1) is 0 Å². The van der Waals surface area contributed by atoms with Crippen molar-refractivity contribution in [1.29, 1.82) is 0 Å². The highest BCUT2D eigenvalue weighted by Crippen LogP contribution is 2.33. The van der Waals surface area contributed by atoms with Crippen LogP contribution < -0.4 is 0 Å². The first-order valence-corrected chi connectivity index (χ1v) is 8.06. The molecule has 4 nitrogen and oxygen atoms in total. The van der Waals surface area contributed by atoms with Gasteiger partial charge in [0.05, 0.1) is 11.5 Å². The van der Waals surface area contributed by atoms with Gasteiger partial charge in [-0.25, -0.2) is 8.42 Å². The number of benzene rings is 1. The number of esters is 1. The van der Waals surface area contributed by atoms with E-state index in [1.54, 1.807) is 6.07 Å². The van der Waals surface area contributed by atoms with E-state index < -0.39 is 27.5 Å². The van der Waals surface area contributed by atoms with Crippen molar-refractivity contribution < 1.29 is 26.7 Å². The SMILES string of the molecule is CC(=O)OCCCCCC(F)(F)S(=O)(=O)c1ccccc1. The topological polar surface area (TPSA) is 60.4 Å². The second-order valence-electron chi connectivity index (χ2n) is 4.60. The summed E-state index contributed by atoms with van der Waals surface area (Å²) in [6.07, 6.45) is 0.0961. The van der Waals surface area contributed by atoms with Crippen LogP contribution in [0.15, 0.2) is 35.2 Å². The summed E-state index contributed by atoms with van der Waals surface area (Å²) in [5.41, 5.74) is 0. The molecule has 0 saturated heterocycles. The summed E-state index contributed by atoms with van der Waals surface area (Å²) in [6.45, 7) is 1.42. The minimum Gasteiger partial charge on any atom is -0.466 e. The van der Waals surface area contributed by atoms with E-state index in [2.05, 4.69) is 4.74 Å². The van der Waals surface area contributed by atoms with Crippen LogP contribution in [0, 0.1) is 0 Å². The van der Waals surface area contributed by atoms with Gasteiger partial charge < -0.3 is 4.74 Å². The molecule has 0 aromatic heterocycles. The minimum absolute atomic E-state index is 0.0420. The number of sulfone groups is 1. The van der Waals surface area contributed by atoms with Crippen molar-refractivity contribution in [1.82, 2.24) is 0 Å². The number of hydrogen-bond donors (Lipinski definition) is 0. The van der Waals surface area contributed by atoms with Crippen LogP contribution in [0.1, 0.15) is 32.6 Å². The average Bonchev–Trinajstić information content (AvgIpc) is 2.43. The molecule has 0 heterocycles. The maximum Gasteiger partial charge on any atom is 0.350 e. The number of ether oxygens (including phenoxy) is 1. The second kappa shape index (κ2) is 7.49. The summed E-state index contributed by atoms with van der Waals surface area (Å²) in [5, 5.41) is -3.80. The number of carbonyl (C=O) groups excluding carboxylic acids is 1. The number of halogens is 2. The van der Waals surface area contributed by atoms with Gasteiger partial charge in [-0.2, -0.15) is 8.78 Å². The molecule has 0 aliphatic carbocycles. The third-order valence-corrected chi connectivity index (χ3v) is 4.75. The first-order valence-electron chi connectivity index (χ1n) is 6.58. The Labute approximate surface area is 123 Å². The molecule has 0 aliphatic rings. The Kier molecular flexibility index (Phi) is 6.26. The summed E-state index contributed by atoms with van der Waals surface area (Å²) in [7, 11) is -4.66. The molecule has 0 bridgehead atoms. The maximum absolute atomic E-state index is 13.9. The zero-order chi connectivity index (χ0) is 15.9. The summed E-state index contributed by atoms with van der Waals surface area (Å²) < 4.78 is 56.1. The van der Waals surface area contributed by atoms with Crippen LogP contribution in [0.5, 0.6) is 0 Å². The molecule has 0 N–H and O–H groups in total. The number of rotatable bonds is 8. The lowest BCUT2D eigenvalue weighted by molar-refractivity contribution is -0.141. The van der Waals surface area contributed by atoms with Crippen LogP contribution in [0.3, 0.4) is 0 Å². The fourth-order valence-corrected chi connectivity index (χ4v) is 3.01. The zero-order valence-corrected chi connectivity index (χ0v) is 12.5. The Morgan fingerprint density at radius 2 is 1.76 bits per heavy atom. The Hall–Kier alpha value is -1.50. The molecule has 118 valence electrons. The summed E-state index contributed by atoms with van der Waals surface area (Å²) in [4.78, 5) is 10.1. The standard InChI is InChI=1S/C14H18F2O4S/c1-12(17)20-11-7-3-6-10-14(15,16)21(18,19)13-8-4-2-5-9-13/h2,4-5,8-9H,3,6-7,10-11H2,1H3. The molecule has 21 heavy (non-hydrogen) atoms. The van der Waals surface area contributed by atoms with E-state index in [9.17, 15) is 22.0 Å². The van der Waals surface area contributed by atoms with E-state index in [-0.39, 0.29) is 17.9 Å². The molecule has 0 aliphatic heterocycles. The van der Waals surface area contributed by atoms with Crippen molar-refractivity contribution in [2.45, 2.75) is 42.8 Å². The van der Waals surface area contributed by atoms with Gasteiger partial charge in [-0.05, 0) is 31.4 Å². The first kappa shape index (κ1) is 17.6. The van der Waals surface area contributed by atoms with Crippen LogP contribution in [-0.4, -0.2) is 26.2 Å². The van der Waals surface area contributed by atoms with Crippen molar-refractivity contribution in [2.75, 3.05) is 6.61 Å². The molecule has 0 atom stereocenters. The monoisotopic (exact) mass is 320 g/mol. The van der Waals surface area contributed by atoms with Gasteiger partial charge in [0, 0.05) is 13.3 Å². The third-order valence-electron chi connectivity index (χ3n) is 2.86. The van der Waals surface area contributed by atoms with Crippen LogP contribution in [0.4, 0.5) is 8.78 Å². The minimum atomic E-state index is -4.66. The Morgan fingerprint density at radius 3 is 2.33 bits per heavy atom. The molecule has 0 radical (unpaired) electrons. The predicted molar refractivity (Wildman–Crippen MR) is 73.7 cm³/mol. The van der Waals surface area contributed by atoms with Gasteiger partial charge in [0.25, 0.3) is 0 Å². The molecular weight excluding hydrogens is 302 g/mol. The zero-order valence-electron chi connectivity index (χ0n) is 11.7. The molecule has 1 rings (SSSR count). The normalized spacial score (nSPS) is 12.1. The number of carbonyl (C=O) groups is 1. The smallest absolute Gasteiger partial charge is 0.350 e. The van der Waals surface area contributed by atoms with E-state index in [1.165, 1.54) is 19.1 Å². The van der Waals surface area contributed by atoms with Crippen molar-refractivity contribution in [3.8, 4) is 0 Å². The highest BCUT2D eigenvalue weighted by Gasteiger charge is 2.44. The molecule has 0 saturated carbocycles. The summed E-state index contributed by atoms with van der Waals surface area (Å²) >= 11 is 0. The molecule has 0 amide bonds. The number of hydrogen-bond acceptors (Lipinski definition) is 4. The molecule has 1 aromatic carbocycles. The lowest BCUT2D eigenvalue weighted by Gasteiger charge is -2.17.